The van der Waals surface area contributed by atoms with Gasteiger partial charge < -0.3 is 19.2 Å². The van der Waals surface area contributed by atoms with Crippen LogP contribution in [0.4, 0.5) is 0 Å². The maximum absolute atomic E-state index is 12.3. The second-order valence-corrected chi connectivity index (χ2v) is 5.50. The van der Waals surface area contributed by atoms with Crippen LogP contribution >= 0.6 is 0 Å². The van der Waals surface area contributed by atoms with Crippen LogP contribution in [0.3, 0.4) is 0 Å². The van der Waals surface area contributed by atoms with Crippen LogP contribution in [0.5, 0.6) is 11.5 Å². The van der Waals surface area contributed by atoms with E-state index < -0.39 is 0 Å². The summed E-state index contributed by atoms with van der Waals surface area (Å²) >= 11 is 0. The van der Waals surface area contributed by atoms with Crippen molar-refractivity contribution in [3.8, 4) is 11.5 Å². The minimum absolute atomic E-state index is 0.224. The number of aromatic nitrogens is 2. The van der Waals surface area contributed by atoms with Crippen LogP contribution < -0.4 is 14.8 Å². The van der Waals surface area contributed by atoms with Crippen molar-refractivity contribution < 1.29 is 14.3 Å². The highest BCUT2D eigenvalue weighted by atomic mass is 16.5. The quantitative estimate of drug-likeness (QED) is 0.783. The Kier molecular flexibility index (Phi) is 4.37. The van der Waals surface area contributed by atoms with Crippen LogP contribution in [0.15, 0.2) is 42.7 Å². The monoisotopic (exact) mass is 325 g/mol. The molecule has 0 spiro atoms. The number of pyridine rings is 1. The van der Waals surface area contributed by atoms with Crippen molar-refractivity contribution in [2.24, 2.45) is 0 Å². The lowest BCUT2D eigenvalue weighted by molar-refractivity contribution is 0.0946. The number of fused-ring (bicyclic) bond motifs is 1. The van der Waals surface area contributed by atoms with Gasteiger partial charge >= 0.3 is 0 Å². The van der Waals surface area contributed by atoms with Gasteiger partial charge in [0.2, 0.25) is 0 Å². The number of aryl methyl sites for hydroxylation is 1. The molecule has 2 aromatic heterocycles. The number of hydrogen-bond acceptors (Lipinski definition) is 4. The van der Waals surface area contributed by atoms with E-state index >= 15 is 0 Å². The lowest BCUT2D eigenvalue weighted by Crippen LogP contribution is -2.23. The van der Waals surface area contributed by atoms with Gasteiger partial charge in [-0.3, -0.25) is 4.79 Å². The predicted octanol–water partition coefficient (Wildman–Crippen LogP) is 2.59. The van der Waals surface area contributed by atoms with E-state index in [0.717, 1.165) is 16.8 Å². The van der Waals surface area contributed by atoms with E-state index in [1.165, 1.54) is 0 Å². The maximum Gasteiger partial charge on any atom is 0.271 e. The molecule has 1 N–H and O–H groups in total. The van der Waals surface area contributed by atoms with E-state index in [4.69, 9.17) is 9.47 Å². The third kappa shape index (κ3) is 3.32. The molecule has 6 heteroatoms. The maximum atomic E-state index is 12.3. The van der Waals surface area contributed by atoms with Gasteiger partial charge in [0.15, 0.2) is 0 Å². The molecule has 0 atom stereocenters. The van der Waals surface area contributed by atoms with Crippen molar-refractivity contribution in [3.05, 3.63) is 59.5 Å². The summed E-state index contributed by atoms with van der Waals surface area (Å²) in [4.78, 5) is 16.7. The molecule has 0 unspecified atom stereocenters. The van der Waals surface area contributed by atoms with Gasteiger partial charge in [0.05, 0.1) is 14.2 Å². The van der Waals surface area contributed by atoms with Crippen molar-refractivity contribution in [3.63, 3.8) is 0 Å². The van der Waals surface area contributed by atoms with Crippen molar-refractivity contribution in [2.45, 2.75) is 13.5 Å². The summed E-state index contributed by atoms with van der Waals surface area (Å²) in [7, 11) is 3.19. The molecule has 0 saturated heterocycles. The number of carbonyl (C=O) groups is 1. The summed E-state index contributed by atoms with van der Waals surface area (Å²) in [6.07, 6.45) is 3.61. The molecule has 1 aromatic carbocycles. The number of imidazole rings is 1. The van der Waals surface area contributed by atoms with E-state index in [0.29, 0.717) is 23.7 Å². The van der Waals surface area contributed by atoms with Gasteiger partial charge in [-0.1, -0.05) is 0 Å². The predicted molar refractivity (Wildman–Crippen MR) is 90.6 cm³/mol. The first-order valence-electron chi connectivity index (χ1n) is 7.54. The Balaban J connectivity index is 1.74. The van der Waals surface area contributed by atoms with Crippen molar-refractivity contribution in [2.75, 3.05) is 14.2 Å². The highest BCUT2D eigenvalue weighted by molar-refractivity contribution is 5.92. The van der Waals surface area contributed by atoms with Gasteiger partial charge in [0.1, 0.15) is 22.8 Å². The number of methoxy groups -OCH3 is 2. The van der Waals surface area contributed by atoms with Gasteiger partial charge in [-0.25, -0.2) is 4.98 Å². The fourth-order valence-electron chi connectivity index (χ4n) is 2.43. The zero-order valence-electron chi connectivity index (χ0n) is 13.9. The Morgan fingerprint density at radius 3 is 2.54 bits per heavy atom. The first kappa shape index (κ1) is 15.9. The van der Waals surface area contributed by atoms with Gasteiger partial charge in [0, 0.05) is 25.0 Å². The molecule has 24 heavy (non-hydrogen) atoms. The smallest absolute Gasteiger partial charge is 0.271 e. The van der Waals surface area contributed by atoms with Crippen molar-refractivity contribution in [1.29, 1.82) is 0 Å². The minimum Gasteiger partial charge on any atom is -0.497 e. The SMILES string of the molecule is COc1cc(CNC(=O)c2cn3ccc(C)cc3n2)cc(OC)c1. The molecule has 3 aromatic rings. The topological polar surface area (TPSA) is 64.9 Å². The molecule has 0 aliphatic carbocycles. The van der Waals surface area contributed by atoms with E-state index in [1.54, 1.807) is 26.5 Å². The summed E-state index contributed by atoms with van der Waals surface area (Å²) in [5.41, 5.74) is 3.13. The molecule has 0 bridgehead atoms. The molecular weight excluding hydrogens is 306 g/mol. The Hall–Kier alpha value is -3.02. The normalized spacial score (nSPS) is 10.6. The van der Waals surface area contributed by atoms with Gasteiger partial charge in [0.25, 0.3) is 5.91 Å². The fraction of sp³-hybridized carbons (Fsp3) is 0.222. The average Bonchev–Trinajstić information content (AvgIpc) is 3.02. The highest BCUT2D eigenvalue weighted by Gasteiger charge is 2.11. The van der Waals surface area contributed by atoms with Crippen molar-refractivity contribution in [1.82, 2.24) is 14.7 Å². The summed E-state index contributed by atoms with van der Waals surface area (Å²) in [5.74, 6) is 1.14. The Morgan fingerprint density at radius 2 is 1.88 bits per heavy atom. The highest BCUT2D eigenvalue weighted by Crippen LogP contribution is 2.22. The number of rotatable bonds is 5. The molecule has 0 aliphatic rings. The molecule has 2 heterocycles. The Bertz CT molecular complexity index is 864. The van der Waals surface area contributed by atoms with Crippen LogP contribution in [0.1, 0.15) is 21.6 Å². The van der Waals surface area contributed by atoms with E-state index in [2.05, 4.69) is 10.3 Å². The fourth-order valence-corrected chi connectivity index (χ4v) is 2.43. The first-order chi connectivity index (χ1) is 11.6. The lowest BCUT2D eigenvalue weighted by Gasteiger charge is -2.09. The summed E-state index contributed by atoms with van der Waals surface area (Å²) in [6.45, 7) is 2.35. The number of benzene rings is 1. The second-order valence-electron chi connectivity index (χ2n) is 5.50. The van der Waals surface area contributed by atoms with E-state index in [-0.39, 0.29) is 5.91 Å². The number of nitrogens with one attached hydrogen (secondary N) is 1. The standard InChI is InChI=1S/C18H19N3O3/c1-12-4-5-21-11-16(20-17(21)6-12)18(22)19-10-13-7-14(23-2)9-15(8-13)24-3/h4-9,11H,10H2,1-3H3,(H,19,22). The summed E-state index contributed by atoms with van der Waals surface area (Å²) in [6, 6.07) is 9.41. The van der Waals surface area contributed by atoms with Crippen molar-refractivity contribution >= 4 is 11.6 Å². The minimum atomic E-state index is -0.224. The molecule has 0 fully saturated rings. The lowest BCUT2D eigenvalue weighted by atomic mass is 10.2. The van der Waals surface area contributed by atoms with E-state index in [9.17, 15) is 4.79 Å². The van der Waals surface area contributed by atoms with Gasteiger partial charge in [-0.05, 0) is 42.3 Å². The third-order valence-corrected chi connectivity index (χ3v) is 3.71. The molecule has 1 amide bonds. The number of nitrogens with zero attached hydrogens (tertiary/aromatic N) is 2. The van der Waals surface area contributed by atoms with Gasteiger partial charge in [-0.15, -0.1) is 0 Å². The first-order valence-corrected chi connectivity index (χ1v) is 7.54. The zero-order chi connectivity index (χ0) is 17.1. The largest absolute Gasteiger partial charge is 0.497 e. The Labute approximate surface area is 140 Å². The summed E-state index contributed by atoms with van der Waals surface area (Å²) in [5, 5.41) is 2.87. The summed E-state index contributed by atoms with van der Waals surface area (Å²) < 4.78 is 12.3. The van der Waals surface area contributed by atoms with Crippen LogP contribution in [0, 0.1) is 6.92 Å². The van der Waals surface area contributed by atoms with Crippen LogP contribution in [0.2, 0.25) is 0 Å². The van der Waals surface area contributed by atoms with E-state index in [1.807, 2.05) is 41.8 Å². The zero-order valence-corrected chi connectivity index (χ0v) is 13.9. The number of carbonyl (C=O) groups excluding carboxylic acids is 1. The number of ether oxygens (including phenoxy) is 2. The molecule has 0 aliphatic heterocycles. The second kappa shape index (κ2) is 6.62. The molecular formula is C18H19N3O3. The van der Waals surface area contributed by atoms with Gasteiger partial charge in [-0.2, -0.15) is 0 Å². The van der Waals surface area contributed by atoms with Crippen LogP contribution in [-0.2, 0) is 6.54 Å². The number of amides is 1. The van der Waals surface area contributed by atoms with Crippen LogP contribution in [-0.4, -0.2) is 29.5 Å². The third-order valence-electron chi connectivity index (χ3n) is 3.71. The molecule has 6 nitrogen and oxygen atoms in total. The molecule has 3 rings (SSSR count). The Morgan fingerprint density at radius 1 is 1.17 bits per heavy atom. The number of hydrogen-bond donors (Lipinski definition) is 1. The molecule has 0 radical (unpaired) electrons. The molecule has 0 saturated carbocycles. The average molecular weight is 325 g/mol. The van der Waals surface area contributed by atoms with Crippen LogP contribution in [0.25, 0.3) is 5.65 Å². The molecule has 124 valence electrons.